The number of H-pyrrole nitrogens is 1. The van der Waals surface area contributed by atoms with Gasteiger partial charge < -0.3 is 0 Å². The Morgan fingerprint density at radius 1 is 0.882 bits per heavy atom. The van der Waals surface area contributed by atoms with E-state index in [0.717, 1.165) is 60.7 Å². The molecular weight excluding hydrogens is 424 g/mol. The van der Waals surface area contributed by atoms with Crippen LogP contribution in [0.5, 0.6) is 0 Å². The SMILES string of the molecule is CCCn1nc(CCc2ccccc2)nc1Cc1ccc(-c2ncccc2-c2nnn[nH]2)cc1. The third-order valence-electron chi connectivity index (χ3n) is 5.71. The zero-order valence-corrected chi connectivity index (χ0v) is 19.1. The van der Waals surface area contributed by atoms with E-state index in [4.69, 9.17) is 10.1 Å². The molecule has 34 heavy (non-hydrogen) atoms. The Balaban J connectivity index is 1.34. The summed E-state index contributed by atoms with van der Waals surface area (Å²) in [6.07, 6.45) is 5.32. The number of aromatic amines is 1. The third-order valence-corrected chi connectivity index (χ3v) is 5.71. The van der Waals surface area contributed by atoms with Crippen LogP contribution in [-0.2, 0) is 25.8 Å². The van der Waals surface area contributed by atoms with E-state index in [9.17, 15) is 0 Å². The molecule has 0 fully saturated rings. The van der Waals surface area contributed by atoms with Crippen LogP contribution >= 0.6 is 0 Å². The van der Waals surface area contributed by atoms with Gasteiger partial charge in [0.2, 0.25) is 0 Å². The predicted molar refractivity (Wildman–Crippen MR) is 130 cm³/mol. The molecule has 5 aromatic rings. The predicted octanol–water partition coefficient (Wildman–Crippen LogP) is 4.31. The third kappa shape index (κ3) is 4.91. The van der Waals surface area contributed by atoms with Gasteiger partial charge in [-0.05, 0) is 46.5 Å². The number of tetrazole rings is 1. The first-order chi connectivity index (χ1) is 16.8. The monoisotopic (exact) mass is 450 g/mol. The Morgan fingerprint density at radius 3 is 2.50 bits per heavy atom. The molecule has 5 rings (SSSR count). The average Bonchev–Trinajstić information content (AvgIpc) is 3.55. The van der Waals surface area contributed by atoms with E-state index in [1.165, 1.54) is 11.1 Å². The smallest absolute Gasteiger partial charge is 0.181 e. The molecule has 0 aliphatic heterocycles. The number of hydrogen-bond donors (Lipinski definition) is 1. The molecule has 8 heteroatoms. The second-order valence-electron chi connectivity index (χ2n) is 8.18. The molecular formula is C26H26N8. The van der Waals surface area contributed by atoms with Gasteiger partial charge in [0.15, 0.2) is 11.6 Å². The minimum atomic E-state index is 0.600. The fraction of sp³-hybridized carbons (Fsp3) is 0.231. The van der Waals surface area contributed by atoms with Gasteiger partial charge in [-0.25, -0.2) is 14.8 Å². The van der Waals surface area contributed by atoms with Crippen molar-refractivity contribution in [2.75, 3.05) is 0 Å². The molecule has 3 heterocycles. The number of hydrogen-bond acceptors (Lipinski definition) is 6. The molecule has 0 bridgehead atoms. The van der Waals surface area contributed by atoms with Crippen molar-refractivity contribution in [2.45, 2.75) is 39.2 Å². The molecule has 0 atom stereocenters. The molecule has 0 radical (unpaired) electrons. The lowest BCUT2D eigenvalue weighted by atomic mass is 10.0. The van der Waals surface area contributed by atoms with Crippen LogP contribution in [0.25, 0.3) is 22.6 Å². The van der Waals surface area contributed by atoms with E-state index in [0.29, 0.717) is 5.82 Å². The number of pyridine rings is 1. The van der Waals surface area contributed by atoms with Gasteiger partial charge >= 0.3 is 0 Å². The molecule has 0 amide bonds. The Kier molecular flexibility index (Phi) is 6.47. The van der Waals surface area contributed by atoms with Gasteiger partial charge in [0.25, 0.3) is 0 Å². The zero-order valence-electron chi connectivity index (χ0n) is 19.1. The summed E-state index contributed by atoms with van der Waals surface area (Å²) in [5, 5.41) is 19.0. The van der Waals surface area contributed by atoms with Crippen LogP contribution in [0.15, 0.2) is 72.9 Å². The Hall–Kier alpha value is -4.20. The molecule has 1 N–H and O–H groups in total. The Morgan fingerprint density at radius 2 is 1.74 bits per heavy atom. The largest absolute Gasteiger partial charge is 0.255 e. The maximum absolute atomic E-state index is 4.88. The fourth-order valence-corrected chi connectivity index (χ4v) is 4.02. The summed E-state index contributed by atoms with van der Waals surface area (Å²) < 4.78 is 2.06. The van der Waals surface area contributed by atoms with Crippen LogP contribution in [0.3, 0.4) is 0 Å². The first kappa shape index (κ1) is 21.6. The highest BCUT2D eigenvalue weighted by atomic mass is 15.5. The van der Waals surface area contributed by atoms with E-state index in [1.807, 2.05) is 18.2 Å². The minimum Gasteiger partial charge on any atom is -0.255 e. The van der Waals surface area contributed by atoms with Crippen molar-refractivity contribution in [1.29, 1.82) is 0 Å². The first-order valence-corrected chi connectivity index (χ1v) is 11.5. The van der Waals surface area contributed by atoms with Crippen molar-refractivity contribution >= 4 is 0 Å². The van der Waals surface area contributed by atoms with Crippen LogP contribution < -0.4 is 0 Å². The topological polar surface area (TPSA) is 98.1 Å². The van der Waals surface area contributed by atoms with Crippen LogP contribution in [0.4, 0.5) is 0 Å². The Bertz CT molecular complexity index is 1330. The lowest BCUT2D eigenvalue weighted by molar-refractivity contribution is 0.570. The van der Waals surface area contributed by atoms with Crippen LogP contribution in [-0.4, -0.2) is 40.4 Å². The van der Waals surface area contributed by atoms with Crippen LogP contribution in [0.1, 0.15) is 36.1 Å². The van der Waals surface area contributed by atoms with Crippen LogP contribution in [0, 0.1) is 0 Å². The Labute approximate surface area is 198 Å². The summed E-state index contributed by atoms with van der Waals surface area (Å²) in [5.41, 5.74) is 5.20. The number of rotatable bonds is 9. The number of aryl methyl sites for hydroxylation is 3. The highest BCUT2D eigenvalue weighted by molar-refractivity contribution is 5.76. The van der Waals surface area contributed by atoms with Crippen molar-refractivity contribution < 1.29 is 0 Å². The van der Waals surface area contributed by atoms with Crippen LogP contribution in [0.2, 0.25) is 0 Å². The molecule has 170 valence electrons. The molecule has 0 spiro atoms. The highest BCUT2D eigenvalue weighted by Gasteiger charge is 2.13. The number of benzene rings is 2. The summed E-state index contributed by atoms with van der Waals surface area (Å²) in [5.74, 6) is 2.51. The van der Waals surface area contributed by atoms with E-state index in [-0.39, 0.29) is 0 Å². The summed E-state index contributed by atoms with van der Waals surface area (Å²) in [6.45, 7) is 3.03. The normalized spacial score (nSPS) is 11.1. The van der Waals surface area contributed by atoms with E-state index < -0.39 is 0 Å². The van der Waals surface area contributed by atoms with E-state index in [1.54, 1.807) is 6.20 Å². The van der Waals surface area contributed by atoms with Gasteiger partial charge in [-0.15, -0.1) is 5.10 Å². The number of aromatic nitrogens is 8. The standard InChI is InChI=1S/C26H26N8/c1-2-17-34-24(28-23(31-34)15-12-19-7-4-3-5-8-19)18-20-10-13-21(14-11-20)25-22(9-6-16-27-25)26-29-32-33-30-26/h3-11,13-14,16H,2,12,15,17-18H2,1H3,(H,29,30,32,33). The molecule has 0 saturated carbocycles. The quantitative estimate of drug-likeness (QED) is 0.359. The molecule has 0 saturated heterocycles. The van der Waals surface area contributed by atoms with E-state index in [2.05, 4.69) is 85.7 Å². The molecule has 0 unspecified atom stereocenters. The van der Waals surface area contributed by atoms with Gasteiger partial charge in [0, 0.05) is 36.7 Å². The highest BCUT2D eigenvalue weighted by Crippen LogP contribution is 2.27. The minimum absolute atomic E-state index is 0.600. The van der Waals surface area contributed by atoms with Gasteiger partial charge in [0.05, 0.1) is 5.69 Å². The fourth-order valence-electron chi connectivity index (χ4n) is 4.02. The molecule has 3 aromatic heterocycles. The molecule has 0 aliphatic carbocycles. The number of nitrogens with zero attached hydrogens (tertiary/aromatic N) is 7. The van der Waals surface area contributed by atoms with Crippen molar-refractivity contribution in [3.63, 3.8) is 0 Å². The average molecular weight is 451 g/mol. The summed E-state index contributed by atoms with van der Waals surface area (Å²) in [7, 11) is 0. The van der Waals surface area contributed by atoms with Crippen molar-refractivity contribution in [2.24, 2.45) is 0 Å². The molecule has 8 nitrogen and oxygen atoms in total. The zero-order chi connectivity index (χ0) is 23.2. The summed E-state index contributed by atoms with van der Waals surface area (Å²) in [6, 6.07) is 22.8. The first-order valence-electron chi connectivity index (χ1n) is 11.5. The molecule has 0 aliphatic rings. The molecule has 2 aromatic carbocycles. The lowest BCUT2D eigenvalue weighted by Crippen LogP contribution is -2.06. The maximum Gasteiger partial charge on any atom is 0.181 e. The van der Waals surface area contributed by atoms with Crippen molar-refractivity contribution in [1.82, 2.24) is 40.4 Å². The lowest BCUT2D eigenvalue weighted by Gasteiger charge is -2.08. The van der Waals surface area contributed by atoms with Crippen molar-refractivity contribution in [3.8, 4) is 22.6 Å². The van der Waals surface area contributed by atoms with Gasteiger partial charge in [-0.3, -0.25) is 4.98 Å². The summed E-state index contributed by atoms with van der Waals surface area (Å²) in [4.78, 5) is 9.44. The second kappa shape index (κ2) is 10.2. The van der Waals surface area contributed by atoms with E-state index >= 15 is 0 Å². The van der Waals surface area contributed by atoms with Gasteiger partial charge in [0.1, 0.15) is 5.82 Å². The van der Waals surface area contributed by atoms with Gasteiger partial charge in [-0.1, -0.05) is 61.5 Å². The maximum atomic E-state index is 4.88. The van der Waals surface area contributed by atoms with Gasteiger partial charge in [-0.2, -0.15) is 5.10 Å². The second-order valence-corrected chi connectivity index (χ2v) is 8.18. The van der Waals surface area contributed by atoms with Crippen molar-refractivity contribution in [3.05, 3.63) is 95.7 Å². The summed E-state index contributed by atoms with van der Waals surface area (Å²) >= 11 is 0. The number of nitrogens with one attached hydrogen (secondary N) is 1.